The average Bonchev–Trinajstić information content (AvgIpc) is 2.71. The third kappa shape index (κ3) is 4.65. The van der Waals surface area contributed by atoms with Gasteiger partial charge in [0, 0.05) is 38.1 Å². The van der Waals surface area contributed by atoms with E-state index in [-0.39, 0.29) is 31.1 Å². The van der Waals surface area contributed by atoms with Crippen LogP contribution in [0.15, 0.2) is 24.3 Å². The Balaban J connectivity index is 1.78. The number of nitrogens with one attached hydrogen (secondary N) is 1. The molecule has 0 unspecified atom stereocenters. The third-order valence-electron chi connectivity index (χ3n) is 6.13. The number of hydrogen-bond acceptors (Lipinski definition) is 4. The first-order chi connectivity index (χ1) is 16.7. The van der Waals surface area contributed by atoms with E-state index in [1.807, 2.05) is 0 Å². The molecule has 0 bridgehead atoms. The van der Waals surface area contributed by atoms with Gasteiger partial charge in [-0.15, -0.1) is 0 Å². The van der Waals surface area contributed by atoms with E-state index < -0.39 is 63.4 Å². The van der Waals surface area contributed by atoms with Gasteiger partial charge in [0.2, 0.25) is 0 Å². The lowest BCUT2D eigenvalue weighted by Crippen LogP contribution is -2.71. The van der Waals surface area contributed by atoms with Crippen molar-refractivity contribution < 1.29 is 44.7 Å². The molecular formula is C22H18ClF8N3O2. The molecular weight excluding hydrogens is 526 g/mol. The zero-order valence-electron chi connectivity index (χ0n) is 18.5. The van der Waals surface area contributed by atoms with Gasteiger partial charge in [-0.05, 0) is 31.2 Å². The van der Waals surface area contributed by atoms with Crippen LogP contribution in [0.5, 0.6) is 5.75 Å². The molecule has 2 fully saturated rings. The van der Waals surface area contributed by atoms with Crippen molar-refractivity contribution in [3.8, 4) is 5.75 Å². The Morgan fingerprint density at radius 2 is 1.75 bits per heavy atom. The molecule has 0 aliphatic carbocycles. The summed E-state index contributed by atoms with van der Waals surface area (Å²) in [6.07, 6.45) is -12.0. The Labute approximate surface area is 204 Å². The number of nitrogens with zero attached hydrogens (tertiary/aromatic N) is 2. The summed E-state index contributed by atoms with van der Waals surface area (Å²) >= 11 is 5.54. The van der Waals surface area contributed by atoms with Crippen LogP contribution in [0.1, 0.15) is 18.1 Å². The van der Waals surface area contributed by atoms with E-state index in [4.69, 9.17) is 16.3 Å². The molecule has 1 N–H and O–H groups in total. The number of ether oxygens (including phenoxy) is 1. The third-order valence-corrected chi connectivity index (χ3v) is 6.47. The summed E-state index contributed by atoms with van der Waals surface area (Å²) in [5.41, 5.74) is -4.84. The number of anilines is 2. The van der Waals surface area contributed by atoms with E-state index >= 15 is 0 Å². The Bertz CT molecular complexity index is 1190. The SMILES string of the molecule is CCN(C(=O)Oc1c(N2CC3(CNC3)C2)cc(C(F)(F)F)cc1C(F)(F)F)c1ccc(F)c(Cl)c1F. The minimum Gasteiger partial charge on any atom is -0.407 e. The lowest BCUT2D eigenvalue weighted by atomic mass is 9.74. The molecule has 2 saturated heterocycles. The molecule has 1 amide bonds. The molecule has 14 heteroatoms. The molecule has 36 heavy (non-hydrogen) atoms. The smallest absolute Gasteiger partial charge is 0.407 e. The molecule has 5 nitrogen and oxygen atoms in total. The van der Waals surface area contributed by atoms with Crippen molar-refractivity contribution in [2.75, 3.05) is 42.5 Å². The largest absolute Gasteiger partial charge is 0.420 e. The standard InChI is InChI=1S/C22H18ClF8N3O2/c1-2-34(14-4-3-13(24)16(23)17(14)25)19(35)36-18-12(22(29,30)31)5-11(21(26,27)28)6-15(18)33-9-20(10-33)7-32-8-20/h3-6,32H,2,7-10H2,1H3. The van der Waals surface area contributed by atoms with Gasteiger partial charge < -0.3 is 15.0 Å². The summed E-state index contributed by atoms with van der Waals surface area (Å²) in [6, 6.07) is 1.93. The summed E-state index contributed by atoms with van der Waals surface area (Å²) in [7, 11) is 0. The highest BCUT2D eigenvalue weighted by molar-refractivity contribution is 6.31. The maximum Gasteiger partial charge on any atom is 0.420 e. The zero-order valence-corrected chi connectivity index (χ0v) is 19.2. The van der Waals surface area contributed by atoms with Crippen molar-refractivity contribution in [1.82, 2.24) is 5.32 Å². The molecule has 1 spiro atoms. The number of carbonyl (C=O) groups is 1. The number of alkyl halides is 6. The predicted molar refractivity (Wildman–Crippen MR) is 114 cm³/mol. The summed E-state index contributed by atoms with van der Waals surface area (Å²) < 4.78 is 115. The normalized spacial score (nSPS) is 17.0. The first-order valence-electron chi connectivity index (χ1n) is 10.6. The van der Waals surface area contributed by atoms with E-state index in [0.717, 1.165) is 12.1 Å². The van der Waals surface area contributed by atoms with Gasteiger partial charge >= 0.3 is 18.4 Å². The number of amides is 1. The molecule has 2 aromatic carbocycles. The van der Waals surface area contributed by atoms with E-state index in [9.17, 15) is 39.9 Å². The maximum absolute atomic E-state index is 14.5. The molecule has 0 atom stereocenters. The Morgan fingerprint density at radius 3 is 2.25 bits per heavy atom. The monoisotopic (exact) mass is 543 g/mol. The fraction of sp³-hybridized carbons (Fsp3) is 0.409. The van der Waals surface area contributed by atoms with Crippen LogP contribution in [0.2, 0.25) is 5.02 Å². The van der Waals surface area contributed by atoms with Crippen molar-refractivity contribution in [3.63, 3.8) is 0 Å². The van der Waals surface area contributed by atoms with Crippen LogP contribution in [-0.4, -0.2) is 38.8 Å². The number of hydrogen-bond donors (Lipinski definition) is 1. The average molecular weight is 544 g/mol. The van der Waals surface area contributed by atoms with Gasteiger partial charge in [-0.2, -0.15) is 26.3 Å². The van der Waals surface area contributed by atoms with Crippen LogP contribution in [0.25, 0.3) is 0 Å². The van der Waals surface area contributed by atoms with Crippen LogP contribution in [-0.2, 0) is 12.4 Å². The van der Waals surface area contributed by atoms with Crippen molar-refractivity contribution in [1.29, 1.82) is 0 Å². The van der Waals surface area contributed by atoms with E-state index in [2.05, 4.69) is 5.32 Å². The fourth-order valence-electron chi connectivity index (χ4n) is 4.23. The van der Waals surface area contributed by atoms with Gasteiger partial charge in [-0.3, -0.25) is 4.90 Å². The van der Waals surface area contributed by atoms with Crippen molar-refractivity contribution in [2.24, 2.45) is 5.41 Å². The summed E-state index contributed by atoms with van der Waals surface area (Å²) in [5, 5.41) is 2.04. The fourth-order valence-corrected chi connectivity index (χ4v) is 4.39. The summed E-state index contributed by atoms with van der Waals surface area (Å²) in [5.74, 6) is -3.64. The van der Waals surface area contributed by atoms with Crippen molar-refractivity contribution >= 4 is 29.1 Å². The molecule has 0 aromatic heterocycles. The lowest BCUT2D eigenvalue weighted by molar-refractivity contribution is -0.143. The van der Waals surface area contributed by atoms with Crippen LogP contribution in [0, 0.1) is 17.0 Å². The van der Waals surface area contributed by atoms with E-state index in [0.29, 0.717) is 24.1 Å². The van der Waals surface area contributed by atoms with E-state index in [1.54, 1.807) is 0 Å². The Kier molecular flexibility index (Phi) is 6.53. The second-order valence-corrected chi connectivity index (χ2v) is 9.01. The van der Waals surface area contributed by atoms with Crippen LogP contribution in [0.4, 0.5) is 51.3 Å². The molecule has 2 aliphatic rings. The second kappa shape index (κ2) is 8.94. The molecule has 4 rings (SSSR count). The zero-order chi connectivity index (χ0) is 26.6. The molecule has 2 aliphatic heterocycles. The highest BCUT2D eigenvalue weighted by Crippen LogP contribution is 2.49. The highest BCUT2D eigenvalue weighted by Gasteiger charge is 2.50. The van der Waals surface area contributed by atoms with Gasteiger partial charge in [-0.1, -0.05) is 11.6 Å². The summed E-state index contributed by atoms with van der Waals surface area (Å²) in [6.45, 7) is 2.36. The van der Waals surface area contributed by atoms with Crippen molar-refractivity contribution in [3.05, 3.63) is 52.0 Å². The van der Waals surface area contributed by atoms with Crippen LogP contribution in [0.3, 0.4) is 0 Å². The molecule has 0 saturated carbocycles. The molecule has 0 radical (unpaired) electrons. The number of halogens is 9. The first-order valence-corrected chi connectivity index (χ1v) is 11.0. The van der Waals surface area contributed by atoms with Gasteiger partial charge in [0.25, 0.3) is 0 Å². The summed E-state index contributed by atoms with van der Waals surface area (Å²) in [4.78, 5) is 14.7. The van der Waals surface area contributed by atoms with Gasteiger partial charge in [0.15, 0.2) is 11.6 Å². The lowest BCUT2D eigenvalue weighted by Gasteiger charge is -2.57. The number of carbonyl (C=O) groups excluding carboxylic acids is 1. The molecule has 196 valence electrons. The van der Waals surface area contributed by atoms with Gasteiger partial charge in [0.05, 0.1) is 16.9 Å². The first kappa shape index (κ1) is 26.3. The van der Waals surface area contributed by atoms with Crippen LogP contribution < -0.4 is 19.9 Å². The minimum absolute atomic E-state index is 0.141. The van der Waals surface area contributed by atoms with Crippen molar-refractivity contribution in [2.45, 2.75) is 19.3 Å². The number of benzene rings is 2. The van der Waals surface area contributed by atoms with E-state index in [1.165, 1.54) is 11.8 Å². The Hall–Kier alpha value is -2.80. The van der Waals surface area contributed by atoms with Gasteiger partial charge in [-0.25, -0.2) is 13.6 Å². The highest BCUT2D eigenvalue weighted by atomic mass is 35.5. The maximum atomic E-state index is 14.5. The topological polar surface area (TPSA) is 44.8 Å². The quantitative estimate of drug-likeness (QED) is 0.374. The molecule has 2 heterocycles. The van der Waals surface area contributed by atoms with Crippen LogP contribution >= 0.6 is 11.6 Å². The predicted octanol–water partition coefficient (Wildman–Crippen LogP) is 6.09. The molecule has 2 aromatic rings. The Morgan fingerprint density at radius 1 is 1.11 bits per heavy atom. The number of rotatable bonds is 4. The second-order valence-electron chi connectivity index (χ2n) is 8.63. The van der Waals surface area contributed by atoms with Gasteiger partial charge in [0.1, 0.15) is 16.4 Å². The minimum atomic E-state index is -5.33.